The van der Waals surface area contributed by atoms with Crippen molar-refractivity contribution in [2.75, 3.05) is 6.61 Å². The number of aliphatic hydroxyl groups is 3. The van der Waals surface area contributed by atoms with Gasteiger partial charge in [-0.2, -0.15) is 5.26 Å². The summed E-state index contributed by atoms with van der Waals surface area (Å²) in [6, 6.07) is 12.0. The smallest absolute Gasteiger partial charge is 0.338 e. The molecule has 0 aromatic heterocycles. The average molecular weight is 447 g/mol. The van der Waals surface area contributed by atoms with E-state index >= 15 is 0 Å². The van der Waals surface area contributed by atoms with Gasteiger partial charge in [-0.05, 0) is 17.7 Å². The lowest BCUT2D eigenvalue weighted by atomic mass is 9.99. The van der Waals surface area contributed by atoms with Gasteiger partial charge in [0.2, 0.25) is 0 Å². The average Bonchev–Trinajstić information content (AvgIpc) is 2.80. The second-order valence-corrected chi connectivity index (χ2v) is 7.03. The first kappa shape index (κ1) is 23.3. The van der Waals surface area contributed by atoms with Crippen molar-refractivity contribution >= 4 is 5.97 Å². The number of hydrogen-bond acceptors (Lipinski definition) is 11. The molecule has 0 spiro atoms. The van der Waals surface area contributed by atoms with Crippen LogP contribution in [-0.2, 0) is 14.2 Å². The Labute approximate surface area is 181 Å². The number of aromatic hydroxyl groups is 3. The molecule has 0 bridgehead atoms. The topological polar surface area (TPSA) is 190 Å². The molecule has 3 rings (SSSR count). The van der Waals surface area contributed by atoms with Gasteiger partial charge in [-0.25, -0.2) is 4.79 Å². The Kier molecular flexibility index (Phi) is 7.14. The number of carbonyl (C=O) groups is 1. The molecule has 170 valence electrons. The van der Waals surface area contributed by atoms with E-state index < -0.39 is 66.6 Å². The van der Waals surface area contributed by atoms with Gasteiger partial charge in [-0.3, -0.25) is 0 Å². The van der Waals surface area contributed by atoms with E-state index in [1.54, 1.807) is 30.3 Å². The van der Waals surface area contributed by atoms with Crippen molar-refractivity contribution in [2.24, 2.45) is 0 Å². The number of nitriles is 1. The van der Waals surface area contributed by atoms with Crippen molar-refractivity contribution in [1.29, 1.82) is 5.26 Å². The molecule has 0 unspecified atom stereocenters. The van der Waals surface area contributed by atoms with Crippen molar-refractivity contribution in [3.8, 4) is 23.3 Å². The number of phenolic OH excluding ortho intramolecular Hbond substituents is 3. The molecule has 2 aromatic carbocycles. The van der Waals surface area contributed by atoms with E-state index in [0.29, 0.717) is 5.56 Å². The molecular formula is C21H21NO10. The monoisotopic (exact) mass is 447 g/mol. The quantitative estimate of drug-likeness (QED) is 0.259. The minimum atomic E-state index is -1.73. The number of esters is 1. The molecule has 1 heterocycles. The number of aliphatic hydroxyl groups excluding tert-OH is 3. The molecule has 1 aliphatic rings. The van der Waals surface area contributed by atoms with Crippen LogP contribution in [0.2, 0.25) is 0 Å². The Morgan fingerprint density at radius 1 is 1.03 bits per heavy atom. The van der Waals surface area contributed by atoms with Crippen LogP contribution in [0.3, 0.4) is 0 Å². The van der Waals surface area contributed by atoms with E-state index in [9.17, 15) is 40.7 Å². The van der Waals surface area contributed by atoms with Crippen LogP contribution in [0.5, 0.6) is 17.2 Å². The van der Waals surface area contributed by atoms with E-state index in [1.807, 2.05) is 6.07 Å². The van der Waals surface area contributed by atoms with E-state index in [-0.39, 0.29) is 5.56 Å². The van der Waals surface area contributed by atoms with Gasteiger partial charge in [-0.1, -0.05) is 30.3 Å². The predicted octanol–water partition coefficient (Wildman–Crippen LogP) is 0.0493. The van der Waals surface area contributed by atoms with Gasteiger partial charge in [0, 0.05) is 0 Å². The van der Waals surface area contributed by atoms with E-state index in [0.717, 1.165) is 12.1 Å². The van der Waals surface area contributed by atoms with Gasteiger partial charge in [-0.15, -0.1) is 0 Å². The molecule has 1 aliphatic heterocycles. The highest BCUT2D eigenvalue weighted by Gasteiger charge is 2.45. The number of nitrogens with zero attached hydrogens (tertiary/aromatic N) is 1. The van der Waals surface area contributed by atoms with E-state index in [1.165, 1.54) is 0 Å². The van der Waals surface area contributed by atoms with Crippen molar-refractivity contribution in [1.82, 2.24) is 0 Å². The lowest BCUT2D eigenvalue weighted by Gasteiger charge is -2.40. The highest BCUT2D eigenvalue weighted by molar-refractivity contribution is 5.91. The lowest BCUT2D eigenvalue weighted by Crippen LogP contribution is -2.59. The molecule has 0 amide bonds. The summed E-state index contributed by atoms with van der Waals surface area (Å²) < 4.78 is 15.9. The third-order valence-electron chi connectivity index (χ3n) is 4.84. The minimum Gasteiger partial charge on any atom is -0.504 e. The molecule has 1 saturated heterocycles. The zero-order chi connectivity index (χ0) is 23.4. The van der Waals surface area contributed by atoms with Crippen molar-refractivity contribution < 1.29 is 49.6 Å². The predicted molar refractivity (Wildman–Crippen MR) is 104 cm³/mol. The van der Waals surface area contributed by atoms with E-state index in [4.69, 9.17) is 14.2 Å². The Bertz CT molecular complexity index is 969. The van der Waals surface area contributed by atoms with Gasteiger partial charge in [0.25, 0.3) is 0 Å². The largest absolute Gasteiger partial charge is 0.504 e. The molecule has 11 heteroatoms. The highest BCUT2D eigenvalue weighted by atomic mass is 16.7. The van der Waals surface area contributed by atoms with Crippen LogP contribution in [0.15, 0.2) is 42.5 Å². The van der Waals surface area contributed by atoms with Crippen molar-refractivity contribution in [2.45, 2.75) is 36.8 Å². The first-order valence-corrected chi connectivity index (χ1v) is 9.44. The molecule has 0 radical (unpaired) electrons. The molecular weight excluding hydrogens is 426 g/mol. The van der Waals surface area contributed by atoms with Crippen molar-refractivity contribution in [3.05, 3.63) is 53.6 Å². The summed E-state index contributed by atoms with van der Waals surface area (Å²) in [5.41, 5.74) is 0.173. The van der Waals surface area contributed by atoms with Crippen LogP contribution >= 0.6 is 0 Å². The van der Waals surface area contributed by atoms with Crippen LogP contribution in [0, 0.1) is 11.3 Å². The molecule has 6 atom stereocenters. The molecule has 0 aliphatic carbocycles. The van der Waals surface area contributed by atoms with Crippen LogP contribution < -0.4 is 0 Å². The Morgan fingerprint density at radius 3 is 2.25 bits per heavy atom. The number of carbonyl (C=O) groups excluding carboxylic acids is 1. The Morgan fingerprint density at radius 2 is 1.66 bits per heavy atom. The second-order valence-electron chi connectivity index (χ2n) is 7.03. The highest BCUT2D eigenvalue weighted by Crippen LogP contribution is 2.35. The fraction of sp³-hybridized carbons (Fsp3) is 0.333. The first-order valence-electron chi connectivity index (χ1n) is 9.44. The molecule has 2 aromatic rings. The molecule has 6 N–H and O–H groups in total. The summed E-state index contributed by atoms with van der Waals surface area (Å²) in [5, 5.41) is 68.3. The van der Waals surface area contributed by atoms with Crippen LogP contribution in [-0.4, -0.2) is 73.9 Å². The summed E-state index contributed by atoms with van der Waals surface area (Å²) in [6.45, 7) is -0.603. The summed E-state index contributed by atoms with van der Waals surface area (Å²) >= 11 is 0. The number of benzene rings is 2. The molecule has 0 saturated carbocycles. The van der Waals surface area contributed by atoms with Gasteiger partial charge < -0.3 is 44.8 Å². The summed E-state index contributed by atoms with van der Waals surface area (Å²) in [7, 11) is 0. The van der Waals surface area contributed by atoms with Crippen LogP contribution in [0.1, 0.15) is 22.0 Å². The summed E-state index contributed by atoms with van der Waals surface area (Å²) in [5.74, 6) is -3.35. The van der Waals surface area contributed by atoms with Gasteiger partial charge in [0.15, 0.2) is 29.6 Å². The standard InChI is InChI=1S/C21H21NO10/c22-8-14(10-4-2-1-3-5-10)31-21-19(28)18(27)17(26)15(32-21)9-30-20(29)11-6-12(23)16(25)13(24)7-11/h1-7,14-15,17-19,21,23-28H,9H2/t14-,15+,17+,18-,19+,21+/m0/s1. The third-order valence-corrected chi connectivity index (χ3v) is 4.84. The first-order chi connectivity index (χ1) is 15.2. The number of ether oxygens (including phenoxy) is 3. The van der Waals surface area contributed by atoms with Crippen molar-refractivity contribution in [3.63, 3.8) is 0 Å². The summed E-state index contributed by atoms with van der Waals surface area (Å²) in [4.78, 5) is 12.2. The second kappa shape index (κ2) is 9.82. The zero-order valence-electron chi connectivity index (χ0n) is 16.5. The summed E-state index contributed by atoms with van der Waals surface area (Å²) in [6.07, 6.45) is -9.08. The zero-order valence-corrected chi connectivity index (χ0v) is 16.5. The Balaban J connectivity index is 1.69. The number of hydrogen-bond donors (Lipinski definition) is 6. The number of phenols is 3. The van der Waals surface area contributed by atoms with Gasteiger partial charge in [0.05, 0.1) is 11.6 Å². The van der Waals surface area contributed by atoms with Crippen LogP contribution in [0.4, 0.5) is 0 Å². The van der Waals surface area contributed by atoms with Crippen LogP contribution in [0.25, 0.3) is 0 Å². The number of rotatable bonds is 6. The maximum atomic E-state index is 12.2. The fourth-order valence-corrected chi connectivity index (χ4v) is 3.08. The maximum Gasteiger partial charge on any atom is 0.338 e. The third kappa shape index (κ3) is 4.91. The van der Waals surface area contributed by atoms with Gasteiger partial charge >= 0.3 is 5.97 Å². The Hall–Kier alpha value is -3.40. The fourth-order valence-electron chi connectivity index (χ4n) is 3.08. The van der Waals surface area contributed by atoms with Gasteiger partial charge in [0.1, 0.15) is 31.0 Å². The maximum absolute atomic E-state index is 12.2. The molecule has 11 nitrogen and oxygen atoms in total. The lowest BCUT2D eigenvalue weighted by molar-refractivity contribution is -0.307. The van der Waals surface area contributed by atoms with E-state index in [2.05, 4.69) is 0 Å². The SMILES string of the molecule is N#C[C@H](O[C@@H]1O[C@H](COC(=O)c2cc(O)c(O)c(O)c2)[C@@H](O)[C@H](O)[C@H]1O)c1ccccc1. The molecule has 32 heavy (non-hydrogen) atoms. The normalized spacial score (nSPS) is 26.1. The minimum absolute atomic E-state index is 0.301. The molecule has 1 fully saturated rings.